The van der Waals surface area contributed by atoms with E-state index in [1.54, 1.807) is 37.4 Å². The highest BCUT2D eigenvalue weighted by atomic mass is 16.2. The molecule has 0 saturated carbocycles. The van der Waals surface area contributed by atoms with E-state index in [1.165, 1.54) is 16.5 Å². The van der Waals surface area contributed by atoms with Crippen LogP contribution in [0, 0.1) is 5.92 Å². The number of pyridine rings is 1. The predicted octanol–water partition coefficient (Wildman–Crippen LogP) is 2.37. The normalized spacial score (nSPS) is 20.1. The molecule has 262 valence electrons. The molecule has 1 aliphatic heterocycles. The maximum absolute atomic E-state index is 13.7. The molecule has 4 aromatic rings. The standard InChI is InChI=1S/C36H43N9O5/c1-22(2)18-29-35(49)40-23(3)33-42-32(25-10-6-5-7-11-25)43-45(33)21-30(46)38-16-9-17-44(20-31(47)39-24(4)34(48)41-29)36(50)27-13-14-28-26(19-27)12-8-15-37-28/h5-8,10-15,19,22-24,29H,9,16-18,20-21H2,1-4H3,(H,38,46)(H,39,47)(H,40,49)(H,41,48)/t23-,24+,29+/m0/s1. The maximum atomic E-state index is 13.7. The van der Waals surface area contributed by atoms with Gasteiger partial charge in [-0.05, 0) is 56.9 Å². The molecule has 5 amide bonds. The summed E-state index contributed by atoms with van der Waals surface area (Å²) in [6.45, 7) is 6.99. The minimum Gasteiger partial charge on any atom is -0.354 e. The average molecular weight is 682 g/mol. The number of carbonyl (C=O) groups excluding carboxylic acids is 5. The first-order chi connectivity index (χ1) is 24.0. The van der Waals surface area contributed by atoms with Crippen LogP contribution in [0.15, 0.2) is 66.9 Å². The first-order valence-corrected chi connectivity index (χ1v) is 16.8. The minimum atomic E-state index is -0.996. The van der Waals surface area contributed by atoms with Gasteiger partial charge in [0.1, 0.15) is 24.5 Å². The van der Waals surface area contributed by atoms with Crippen LogP contribution in [0.2, 0.25) is 0 Å². The Labute approximate surface area is 290 Å². The number of aromatic nitrogens is 4. The summed E-state index contributed by atoms with van der Waals surface area (Å²) >= 11 is 0. The van der Waals surface area contributed by atoms with Crippen molar-refractivity contribution < 1.29 is 24.0 Å². The van der Waals surface area contributed by atoms with Crippen molar-refractivity contribution in [2.75, 3.05) is 19.6 Å². The van der Waals surface area contributed by atoms with Crippen LogP contribution < -0.4 is 21.3 Å². The molecule has 0 bridgehead atoms. The van der Waals surface area contributed by atoms with Crippen LogP contribution in [0.4, 0.5) is 0 Å². The molecule has 0 unspecified atom stereocenters. The third-order valence-electron chi connectivity index (χ3n) is 8.28. The SMILES string of the molecule is CC(C)C[C@H]1NC(=O)[C@@H](C)NC(=O)CN(C(=O)c2ccc3ncccc3c2)CCCNC(=O)Cn2nc(-c3ccccc3)nc2[C@H](C)NC1=O. The van der Waals surface area contributed by atoms with Gasteiger partial charge < -0.3 is 26.2 Å². The van der Waals surface area contributed by atoms with Crippen molar-refractivity contribution >= 4 is 40.4 Å². The van der Waals surface area contributed by atoms with Crippen LogP contribution in [0.5, 0.6) is 0 Å². The minimum absolute atomic E-state index is 0.0513. The van der Waals surface area contributed by atoms with Crippen LogP contribution in [-0.2, 0) is 25.7 Å². The Kier molecular flexibility index (Phi) is 11.5. The topological polar surface area (TPSA) is 180 Å². The second kappa shape index (κ2) is 16.2. The lowest BCUT2D eigenvalue weighted by molar-refractivity contribution is -0.132. The van der Waals surface area contributed by atoms with Crippen LogP contribution in [0.1, 0.15) is 62.8 Å². The Hall–Kier alpha value is -5.66. The third kappa shape index (κ3) is 9.07. The third-order valence-corrected chi connectivity index (χ3v) is 8.28. The number of carbonyl (C=O) groups is 5. The van der Waals surface area contributed by atoms with Gasteiger partial charge in [0, 0.05) is 35.8 Å². The van der Waals surface area contributed by atoms with Gasteiger partial charge in [0.25, 0.3) is 5.91 Å². The molecule has 14 heteroatoms. The summed E-state index contributed by atoms with van der Waals surface area (Å²) in [6.07, 6.45) is 2.35. The molecule has 14 nitrogen and oxygen atoms in total. The van der Waals surface area contributed by atoms with Crippen molar-refractivity contribution in [3.8, 4) is 11.4 Å². The van der Waals surface area contributed by atoms with E-state index in [9.17, 15) is 24.0 Å². The summed E-state index contributed by atoms with van der Waals surface area (Å²) < 4.78 is 1.46. The van der Waals surface area contributed by atoms with E-state index in [4.69, 9.17) is 0 Å². The second-order valence-corrected chi connectivity index (χ2v) is 12.9. The highest BCUT2D eigenvalue weighted by Crippen LogP contribution is 2.20. The molecular weight excluding hydrogens is 638 g/mol. The molecule has 2 aromatic heterocycles. The highest BCUT2D eigenvalue weighted by molar-refractivity contribution is 6.00. The molecule has 1 aliphatic rings. The fraction of sp³-hybridized carbons (Fsp3) is 0.389. The number of rotatable bonds is 4. The Morgan fingerprint density at radius 3 is 2.42 bits per heavy atom. The number of fused-ring (bicyclic) bond motifs is 2. The number of hydrogen-bond acceptors (Lipinski definition) is 8. The quantitative estimate of drug-likeness (QED) is 0.253. The van der Waals surface area contributed by atoms with Crippen molar-refractivity contribution in [3.63, 3.8) is 0 Å². The molecule has 0 aliphatic carbocycles. The fourth-order valence-corrected chi connectivity index (χ4v) is 5.74. The van der Waals surface area contributed by atoms with Gasteiger partial charge in [-0.2, -0.15) is 5.10 Å². The highest BCUT2D eigenvalue weighted by Gasteiger charge is 2.29. The molecule has 3 heterocycles. The van der Waals surface area contributed by atoms with Crippen LogP contribution >= 0.6 is 0 Å². The van der Waals surface area contributed by atoms with Crippen LogP contribution in [0.3, 0.4) is 0 Å². The second-order valence-electron chi connectivity index (χ2n) is 12.9. The van der Waals surface area contributed by atoms with Crippen molar-refractivity contribution in [2.45, 2.75) is 65.2 Å². The molecule has 0 radical (unpaired) electrons. The van der Waals surface area contributed by atoms with Crippen LogP contribution in [-0.4, -0.2) is 85.9 Å². The van der Waals surface area contributed by atoms with E-state index in [2.05, 4.69) is 36.3 Å². The Morgan fingerprint density at radius 2 is 1.66 bits per heavy atom. The Morgan fingerprint density at radius 1 is 0.880 bits per heavy atom. The average Bonchev–Trinajstić information content (AvgIpc) is 3.52. The smallest absolute Gasteiger partial charge is 0.254 e. The number of hydrogen-bond donors (Lipinski definition) is 4. The maximum Gasteiger partial charge on any atom is 0.254 e. The van der Waals surface area contributed by atoms with Gasteiger partial charge in [-0.3, -0.25) is 29.0 Å². The molecule has 0 fully saturated rings. The lowest BCUT2D eigenvalue weighted by Crippen LogP contribution is -2.54. The molecule has 5 rings (SSSR count). The summed E-state index contributed by atoms with van der Waals surface area (Å²) in [4.78, 5) is 77.4. The molecule has 2 aromatic carbocycles. The van der Waals surface area contributed by atoms with E-state index < -0.39 is 35.8 Å². The molecule has 4 N–H and O–H groups in total. The molecular formula is C36H43N9O5. The van der Waals surface area contributed by atoms with Gasteiger partial charge in [0.2, 0.25) is 23.6 Å². The van der Waals surface area contributed by atoms with Gasteiger partial charge in [0.05, 0.1) is 18.1 Å². The predicted molar refractivity (Wildman–Crippen MR) is 186 cm³/mol. The first kappa shape index (κ1) is 35.6. The zero-order chi connectivity index (χ0) is 35.8. The van der Waals surface area contributed by atoms with E-state index in [0.717, 1.165) is 16.5 Å². The largest absolute Gasteiger partial charge is 0.354 e. The van der Waals surface area contributed by atoms with Crippen LogP contribution in [0.25, 0.3) is 22.3 Å². The van der Waals surface area contributed by atoms with Gasteiger partial charge >= 0.3 is 0 Å². The molecule has 50 heavy (non-hydrogen) atoms. The first-order valence-electron chi connectivity index (χ1n) is 16.8. The lowest BCUT2D eigenvalue weighted by atomic mass is 10.0. The van der Waals surface area contributed by atoms with E-state index in [1.807, 2.05) is 50.2 Å². The van der Waals surface area contributed by atoms with E-state index >= 15 is 0 Å². The number of amides is 5. The van der Waals surface area contributed by atoms with Crippen molar-refractivity contribution in [2.24, 2.45) is 5.92 Å². The van der Waals surface area contributed by atoms with Crippen molar-refractivity contribution in [1.82, 2.24) is 45.9 Å². The summed E-state index contributed by atoms with van der Waals surface area (Å²) in [5.74, 6) is -1.46. The van der Waals surface area contributed by atoms with Gasteiger partial charge in [-0.25, -0.2) is 9.67 Å². The van der Waals surface area contributed by atoms with Gasteiger partial charge in [-0.1, -0.05) is 50.2 Å². The monoisotopic (exact) mass is 681 g/mol. The Bertz CT molecular complexity index is 1860. The Balaban J connectivity index is 1.42. The number of benzene rings is 2. The molecule has 0 spiro atoms. The van der Waals surface area contributed by atoms with E-state index in [-0.39, 0.29) is 43.9 Å². The molecule has 0 saturated heterocycles. The number of nitrogens with one attached hydrogen (secondary N) is 4. The summed E-state index contributed by atoms with van der Waals surface area (Å²) in [5, 5.41) is 16.6. The summed E-state index contributed by atoms with van der Waals surface area (Å²) in [7, 11) is 0. The zero-order valence-corrected chi connectivity index (χ0v) is 28.7. The molecule has 3 atom stereocenters. The number of nitrogens with zero attached hydrogens (tertiary/aromatic N) is 5. The van der Waals surface area contributed by atoms with Gasteiger partial charge in [0.15, 0.2) is 5.82 Å². The van der Waals surface area contributed by atoms with Crippen molar-refractivity contribution in [3.05, 3.63) is 78.2 Å². The fourth-order valence-electron chi connectivity index (χ4n) is 5.74. The summed E-state index contributed by atoms with van der Waals surface area (Å²) in [5.41, 5.74) is 1.84. The van der Waals surface area contributed by atoms with E-state index in [0.29, 0.717) is 30.1 Å². The zero-order valence-electron chi connectivity index (χ0n) is 28.7. The van der Waals surface area contributed by atoms with Gasteiger partial charge in [-0.15, -0.1) is 0 Å². The lowest BCUT2D eigenvalue weighted by Gasteiger charge is -2.25. The summed E-state index contributed by atoms with van der Waals surface area (Å²) in [6, 6.07) is 15.5. The van der Waals surface area contributed by atoms with Crippen molar-refractivity contribution in [1.29, 1.82) is 0 Å².